The van der Waals surface area contributed by atoms with E-state index in [4.69, 9.17) is 0 Å². The maximum absolute atomic E-state index is 11.7. The van der Waals surface area contributed by atoms with E-state index in [1.807, 2.05) is 36.6 Å². The lowest BCUT2D eigenvalue weighted by molar-refractivity contribution is -0.127. The van der Waals surface area contributed by atoms with Crippen molar-refractivity contribution >= 4 is 17.7 Å². The van der Waals surface area contributed by atoms with E-state index in [1.54, 1.807) is 6.20 Å². The molecule has 0 bridgehead atoms. The summed E-state index contributed by atoms with van der Waals surface area (Å²) in [6.07, 6.45) is 3.62. The Bertz CT molecular complexity index is 320. The number of thioether (sulfide) groups is 1. The molecule has 4 nitrogen and oxygen atoms in total. The zero-order valence-electron chi connectivity index (χ0n) is 9.43. The molecule has 0 atom stereocenters. The minimum absolute atomic E-state index is 0.174. The molecule has 0 saturated heterocycles. The molecule has 0 saturated carbocycles. The Balaban J connectivity index is 2.43. The predicted molar refractivity (Wildman–Crippen MR) is 61.9 cm³/mol. The SMILES string of the molecule is CCN(CC)C(=O)CSc1nccn1C. The van der Waals surface area contributed by atoms with Crippen LogP contribution in [0, 0.1) is 0 Å². The first kappa shape index (κ1) is 12.1. The van der Waals surface area contributed by atoms with Gasteiger partial charge in [-0.25, -0.2) is 4.98 Å². The molecule has 1 amide bonds. The summed E-state index contributed by atoms with van der Waals surface area (Å²) in [5, 5.41) is 0.885. The Morgan fingerprint density at radius 2 is 2.20 bits per heavy atom. The van der Waals surface area contributed by atoms with Gasteiger partial charge in [-0.1, -0.05) is 11.8 Å². The van der Waals surface area contributed by atoms with Gasteiger partial charge < -0.3 is 9.47 Å². The van der Waals surface area contributed by atoms with Crippen molar-refractivity contribution in [1.29, 1.82) is 0 Å². The Morgan fingerprint density at radius 3 is 2.67 bits per heavy atom. The van der Waals surface area contributed by atoms with Crippen LogP contribution < -0.4 is 0 Å². The van der Waals surface area contributed by atoms with Crippen LogP contribution in [-0.2, 0) is 11.8 Å². The molecule has 0 aliphatic carbocycles. The van der Waals surface area contributed by atoms with Gasteiger partial charge in [0, 0.05) is 32.5 Å². The standard InChI is InChI=1S/C10H17N3OS/c1-4-13(5-2)9(14)8-15-10-11-6-7-12(10)3/h6-7H,4-5,8H2,1-3H3. The van der Waals surface area contributed by atoms with Crippen molar-refractivity contribution in [2.24, 2.45) is 7.05 Å². The average Bonchev–Trinajstić information content (AvgIpc) is 2.63. The van der Waals surface area contributed by atoms with E-state index in [2.05, 4.69) is 4.98 Å². The summed E-state index contributed by atoms with van der Waals surface area (Å²) in [6.45, 7) is 5.53. The summed E-state index contributed by atoms with van der Waals surface area (Å²) in [5.41, 5.74) is 0. The van der Waals surface area contributed by atoms with Crippen molar-refractivity contribution in [2.45, 2.75) is 19.0 Å². The van der Waals surface area contributed by atoms with Gasteiger partial charge in [-0.3, -0.25) is 4.79 Å². The molecule has 1 rings (SSSR count). The topological polar surface area (TPSA) is 38.1 Å². The molecular weight excluding hydrogens is 210 g/mol. The van der Waals surface area contributed by atoms with Gasteiger partial charge in [0.25, 0.3) is 0 Å². The fourth-order valence-corrected chi connectivity index (χ4v) is 2.12. The fraction of sp³-hybridized carbons (Fsp3) is 0.600. The molecule has 0 aliphatic rings. The van der Waals surface area contributed by atoms with Crippen molar-refractivity contribution in [3.8, 4) is 0 Å². The van der Waals surface area contributed by atoms with E-state index in [0.717, 1.165) is 18.2 Å². The number of aromatic nitrogens is 2. The largest absolute Gasteiger partial charge is 0.343 e. The van der Waals surface area contributed by atoms with Crippen LogP contribution in [0.5, 0.6) is 0 Å². The van der Waals surface area contributed by atoms with Crippen molar-refractivity contribution in [2.75, 3.05) is 18.8 Å². The molecule has 0 N–H and O–H groups in total. The number of hydrogen-bond donors (Lipinski definition) is 0. The van der Waals surface area contributed by atoms with Crippen LogP contribution in [0.25, 0.3) is 0 Å². The highest BCUT2D eigenvalue weighted by Gasteiger charge is 2.11. The number of rotatable bonds is 5. The molecule has 15 heavy (non-hydrogen) atoms. The minimum atomic E-state index is 0.174. The fourth-order valence-electron chi connectivity index (χ4n) is 1.28. The first-order valence-electron chi connectivity index (χ1n) is 5.06. The van der Waals surface area contributed by atoms with Crippen molar-refractivity contribution < 1.29 is 4.79 Å². The zero-order chi connectivity index (χ0) is 11.3. The molecule has 0 fully saturated rings. The average molecular weight is 227 g/mol. The molecule has 0 unspecified atom stereocenters. The molecule has 1 aromatic rings. The summed E-state index contributed by atoms with van der Waals surface area (Å²) < 4.78 is 1.92. The molecule has 0 aromatic carbocycles. The minimum Gasteiger partial charge on any atom is -0.343 e. The highest BCUT2D eigenvalue weighted by molar-refractivity contribution is 7.99. The molecule has 1 aromatic heterocycles. The summed E-state index contributed by atoms with van der Waals surface area (Å²) in [5.74, 6) is 0.639. The van der Waals surface area contributed by atoms with Gasteiger partial charge in [-0.2, -0.15) is 0 Å². The van der Waals surface area contributed by atoms with E-state index in [-0.39, 0.29) is 5.91 Å². The number of nitrogens with zero attached hydrogens (tertiary/aromatic N) is 3. The highest BCUT2D eigenvalue weighted by atomic mass is 32.2. The van der Waals surface area contributed by atoms with Crippen LogP contribution in [0.2, 0.25) is 0 Å². The third-order valence-electron chi connectivity index (χ3n) is 2.22. The van der Waals surface area contributed by atoms with Crippen molar-refractivity contribution in [3.05, 3.63) is 12.4 Å². The predicted octanol–water partition coefficient (Wildman–Crippen LogP) is 1.38. The molecule has 0 radical (unpaired) electrons. The highest BCUT2D eigenvalue weighted by Crippen LogP contribution is 2.14. The monoisotopic (exact) mass is 227 g/mol. The van der Waals surface area contributed by atoms with Crippen LogP contribution in [-0.4, -0.2) is 39.2 Å². The molecule has 0 spiro atoms. The molecule has 0 aliphatic heterocycles. The van der Waals surface area contributed by atoms with Gasteiger partial charge in [-0.15, -0.1) is 0 Å². The van der Waals surface area contributed by atoms with Crippen molar-refractivity contribution in [1.82, 2.24) is 14.5 Å². The lowest BCUT2D eigenvalue weighted by Crippen LogP contribution is -2.31. The second kappa shape index (κ2) is 5.80. The smallest absolute Gasteiger partial charge is 0.233 e. The van der Waals surface area contributed by atoms with E-state index in [9.17, 15) is 4.79 Å². The van der Waals surface area contributed by atoms with Crippen LogP contribution in [0.3, 0.4) is 0 Å². The summed E-state index contributed by atoms with van der Waals surface area (Å²) in [7, 11) is 1.93. The van der Waals surface area contributed by atoms with Crippen LogP contribution in [0.4, 0.5) is 0 Å². The third-order valence-corrected chi connectivity index (χ3v) is 3.26. The first-order chi connectivity index (χ1) is 7.19. The number of aryl methyl sites for hydroxylation is 1. The lowest BCUT2D eigenvalue weighted by atomic mass is 10.5. The third kappa shape index (κ3) is 3.27. The molecule has 5 heteroatoms. The zero-order valence-corrected chi connectivity index (χ0v) is 10.3. The van der Waals surface area contributed by atoms with Crippen LogP contribution >= 0.6 is 11.8 Å². The summed E-state index contributed by atoms with van der Waals surface area (Å²) in [6, 6.07) is 0. The van der Waals surface area contributed by atoms with E-state index >= 15 is 0 Å². The van der Waals surface area contributed by atoms with Gasteiger partial charge in [-0.05, 0) is 13.8 Å². The van der Waals surface area contributed by atoms with E-state index in [0.29, 0.717) is 5.75 Å². The number of imidazole rings is 1. The number of hydrogen-bond acceptors (Lipinski definition) is 3. The van der Waals surface area contributed by atoms with Crippen LogP contribution in [0.1, 0.15) is 13.8 Å². The Hall–Kier alpha value is -0.970. The number of carbonyl (C=O) groups excluding carboxylic acids is 1. The molecular formula is C10H17N3OS. The summed E-state index contributed by atoms with van der Waals surface area (Å²) in [4.78, 5) is 17.7. The van der Waals surface area contributed by atoms with Crippen molar-refractivity contribution in [3.63, 3.8) is 0 Å². The summed E-state index contributed by atoms with van der Waals surface area (Å²) >= 11 is 1.48. The van der Waals surface area contributed by atoms with E-state index in [1.165, 1.54) is 11.8 Å². The normalized spacial score (nSPS) is 10.3. The van der Waals surface area contributed by atoms with E-state index < -0.39 is 0 Å². The molecule has 1 heterocycles. The van der Waals surface area contributed by atoms with Gasteiger partial charge in [0.1, 0.15) is 0 Å². The van der Waals surface area contributed by atoms with Gasteiger partial charge in [0.05, 0.1) is 5.75 Å². The van der Waals surface area contributed by atoms with Gasteiger partial charge in [0.2, 0.25) is 5.91 Å². The van der Waals surface area contributed by atoms with Gasteiger partial charge in [0.15, 0.2) is 5.16 Å². The maximum atomic E-state index is 11.7. The number of carbonyl (C=O) groups is 1. The Labute approximate surface area is 94.7 Å². The molecule has 84 valence electrons. The van der Waals surface area contributed by atoms with Gasteiger partial charge >= 0.3 is 0 Å². The lowest BCUT2D eigenvalue weighted by Gasteiger charge is -2.17. The second-order valence-electron chi connectivity index (χ2n) is 3.18. The quantitative estimate of drug-likeness (QED) is 0.713. The maximum Gasteiger partial charge on any atom is 0.233 e. The first-order valence-corrected chi connectivity index (χ1v) is 6.05. The second-order valence-corrected chi connectivity index (χ2v) is 4.12. The Morgan fingerprint density at radius 1 is 1.53 bits per heavy atom. The number of amides is 1. The Kier molecular flexibility index (Phi) is 4.68. The van der Waals surface area contributed by atoms with Crippen LogP contribution in [0.15, 0.2) is 17.6 Å².